The Morgan fingerprint density at radius 3 is 0.884 bits per heavy atom. The van der Waals surface area contributed by atoms with Gasteiger partial charge in [-0.3, -0.25) is 37.3 Å². The summed E-state index contributed by atoms with van der Waals surface area (Å²) in [5.41, 5.74) is 0. The summed E-state index contributed by atoms with van der Waals surface area (Å²) in [6.07, 6.45) is 40.8. The normalized spacial score (nSPS) is 14.6. The number of unbranched alkanes of at least 4 members (excludes halogenated alkanes) is 32. The molecule has 17 nitrogen and oxygen atoms in total. The molecule has 0 aromatic rings. The van der Waals surface area contributed by atoms with E-state index in [1.54, 1.807) is 0 Å². The molecule has 0 aliphatic heterocycles. The monoisotopic (exact) mass is 1270 g/mol. The van der Waals surface area contributed by atoms with E-state index in [0.717, 1.165) is 108 Å². The van der Waals surface area contributed by atoms with E-state index >= 15 is 0 Å². The summed E-state index contributed by atoms with van der Waals surface area (Å²) in [6.45, 7) is 11.7. The SMILES string of the molecule is CCCCCCCC(=O)OC[C@H](COP(=O)(O)OC[C@H](O)COP(=O)(O)OC[C@@H](COC(=O)CCCCCCCCCCC(C)CC)OC(=O)CCCCCCCCCCCCCCCCCCC(C)C)OC(=O)CCCCCCCCCC(C)C. The molecule has 0 spiro atoms. The summed E-state index contributed by atoms with van der Waals surface area (Å²) >= 11 is 0. The number of esters is 4. The fraction of sp³-hybridized carbons (Fsp3) is 0.940. The Labute approximate surface area is 524 Å². The summed E-state index contributed by atoms with van der Waals surface area (Å²) < 4.78 is 67.9. The minimum absolute atomic E-state index is 0.102. The quantitative estimate of drug-likeness (QED) is 0.0222. The Hall–Kier alpha value is -1.94. The zero-order valence-electron chi connectivity index (χ0n) is 55.8. The number of carbonyl (C=O) groups excluding carboxylic acids is 4. The number of ether oxygens (including phenoxy) is 4. The molecule has 510 valence electrons. The fourth-order valence-electron chi connectivity index (χ4n) is 9.98. The van der Waals surface area contributed by atoms with Crippen LogP contribution in [0.1, 0.15) is 331 Å². The first-order chi connectivity index (χ1) is 41.3. The molecule has 0 radical (unpaired) electrons. The van der Waals surface area contributed by atoms with Crippen LogP contribution in [0.5, 0.6) is 0 Å². The average Bonchev–Trinajstić information content (AvgIpc) is 3.61. The summed E-state index contributed by atoms with van der Waals surface area (Å²) in [5, 5.41) is 10.5. The van der Waals surface area contributed by atoms with Crippen molar-refractivity contribution in [3.8, 4) is 0 Å². The van der Waals surface area contributed by atoms with Crippen LogP contribution in [0.25, 0.3) is 0 Å². The number of phosphoric acid groups is 2. The zero-order chi connectivity index (χ0) is 63.8. The maximum Gasteiger partial charge on any atom is 0.472 e. The minimum Gasteiger partial charge on any atom is -0.462 e. The number of carbonyl (C=O) groups is 4. The lowest BCUT2D eigenvalue weighted by atomic mass is 9.99. The Bertz CT molecular complexity index is 1700. The summed E-state index contributed by atoms with van der Waals surface area (Å²) in [6, 6.07) is 0. The van der Waals surface area contributed by atoms with Gasteiger partial charge in [-0.15, -0.1) is 0 Å². The average molecular weight is 1270 g/mol. The van der Waals surface area contributed by atoms with Crippen molar-refractivity contribution in [1.82, 2.24) is 0 Å². The third-order valence-electron chi connectivity index (χ3n) is 15.7. The molecule has 3 N–H and O–H groups in total. The first-order valence-electron chi connectivity index (χ1n) is 34.9. The highest BCUT2D eigenvalue weighted by molar-refractivity contribution is 7.47. The lowest BCUT2D eigenvalue weighted by Crippen LogP contribution is -2.30. The summed E-state index contributed by atoms with van der Waals surface area (Å²) in [4.78, 5) is 72.1. The molecule has 0 rings (SSSR count). The Morgan fingerprint density at radius 2 is 0.593 bits per heavy atom. The van der Waals surface area contributed by atoms with E-state index in [-0.39, 0.29) is 25.7 Å². The maximum atomic E-state index is 13.0. The topological polar surface area (TPSA) is 237 Å². The van der Waals surface area contributed by atoms with Crippen LogP contribution >= 0.6 is 15.6 Å². The van der Waals surface area contributed by atoms with Crippen LogP contribution < -0.4 is 0 Å². The Morgan fingerprint density at radius 1 is 0.337 bits per heavy atom. The van der Waals surface area contributed by atoms with Crippen molar-refractivity contribution in [2.75, 3.05) is 39.6 Å². The smallest absolute Gasteiger partial charge is 0.462 e. The van der Waals surface area contributed by atoms with Crippen LogP contribution in [0, 0.1) is 17.8 Å². The molecule has 0 amide bonds. The van der Waals surface area contributed by atoms with Crippen molar-refractivity contribution in [3.05, 3.63) is 0 Å². The van der Waals surface area contributed by atoms with E-state index in [9.17, 15) is 43.2 Å². The van der Waals surface area contributed by atoms with Crippen molar-refractivity contribution in [2.45, 2.75) is 349 Å². The van der Waals surface area contributed by atoms with Gasteiger partial charge in [0.05, 0.1) is 26.4 Å². The van der Waals surface area contributed by atoms with Crippen LogP contribution in [-0.4, -0.2) is 96.7 Å². The number of phosphoric ester groups is 2. The number of aliphatic hydroxyl groups is 1. The molecule has 0 aliphatic rings. The lowest BCUT2D eigenvalue weighted by Gasteiger charge is -2.21. The van der Waals surface area contributed by atoms with E-state index in [1.807, 2.05) is 0 Å². The van der Waals surface area contributed by atoms with E-state index in [0.29, 0.717) is 31.6 Å². The second-order valence-electron chi connectivity index (χ2n) is 25.4. The standard InChI is InChI=1S/C67H130O17P2/c1-8-10-11-31-41-48-64(69)77-54-62(83-67(72)51-44-37-30-24-26-33-39-46-59(5)6)56-81-85(73,74)79-52-61(68)53-80-86(75,76)82-57-63(55-78-65(70)49-42-35-28-23-22-27-34-40-47-60(7)9-2)84-66(71)50-43-36-29-21-19-17-15-13-12-14-16-18-20-25-32-38-45-58(3)4/h58-63,68H,8-57H2,1-7H3,(H,73,74)(H,75,76)/t60?,61-,62+,63+/m0/s1. The van der Waals surface area contributed by atoms with Gasteiger partial charge in [0.25, 0.3) is 0 Å². The van der Waals surface area contributed by atoms with Gasteiger partial charge >= 0.3 is 39.5 Å². The predicted octanol–water partition coefficient (Wildman–Crippen LogP) is 18.7. The molecule has 0 heterocycles. The number of hydrogen-bond donors (Lipinski definition) is 3. The molecule has 86 heavy (non-hydrogen) atoms. The maximum absolute atomic E-state index is 13.0. The van der Waals surface area contributed by atoms with Gasteiger partial charge in [0.15, 0.2) is 12.2 Å². The molecule has 0 fully saturated rings. The fourth-order valence-corrected chi connectivity index (χ4v) is 11.6. The highest BCUT2D eigenvalue weighted by Gasteiger charge is 2.30. The second kappa shape index (κ2) is 58.2. The van der Waals surface area contributed by atoms with E-state index in [2.05, 4.69) is 48.5 Å². The van der Waals surface area contributed by atoms with E-state index < -0.39 is 97.5 Å². The molecule has 0 aromatic heterocycles. The van der Waals surface area contributed by atoms with Crippen LogP contribution in [0.4, 0.5) is 0 Å². The number of rotatable bonds is 65. The van der Waals surface area contributed by atoms with Gasteiger partial charge < -0.3 is 33.8 Å². The predicted molar refractivity (Wildman–Crippen MR) is 344 cm³/mol. The Balaban J connectivity index is 5.14. The van der Waals surface area contributed by atoms with Gasteiger partial charge in [0.1, 0.15) is 19.3 Å². The molecule has 0 bridgehead atoms. The van der Waals surface area contributed by atoms with Crippen LogP contribution in [-0.2, 0) is 65.4 Å². The first kappa shape index (κ1) is 84.1. The van der Waals surface area contributed by atoms with E-state index in [1.165, 1.54) is 135 Å². The third-order valence-corrected chi connectivity index (χ3v) is 17.6. The molecule has 0 saturated heterocycles. The summed E-state index contributed by atoms with van der Waals surface area (Å²) in [7, 11) is -9.88. The van der Waals surface area contributed by atoms with Crippen molar-refractivity contribution >= 4 is 39.5 Å². The van der Waals surface area contributed by atoms with E-state index in [4.69, 9.17) is 37.0 Å². The van der Waals surface area contributed by atoms with Crippen molar-refractivity contribution in [3.63, 3.8) is 0 Å². The first-order valence-corrected chi connectivity index (χ1v) is 37.9. The van der Waals surface area contributed by atoms with Crippen LogP contribution in [0.15, 0.2) is 0 Å². The van der Waals surface area contributed by atoms with Crippen LogP contribution in [0.2, 0.25) is 0 Å². The molecule has 0 aliphatic carbocycles. The molecule has 19 heteroatoms. The van der Waals surface area contributed by atoms with Gasteiger partial charge in [-0.25, -0.2) is 9.13 Å². The minimum atomic E-state index is -4.95. The molecular formula is C67H130O17P2. The lowest BCUT2D eigenvalue weighted by molar-refractivity contribution is -0.161. The van der Waals surface area contributed by atoms with Crippen molar-refractivity contribution < 1.29 is 80.2 Å². The van der Waals surface area contributed by atoms with Crippen molar-refractivity contribution in [2.24, 2.45) is 17.8 Å². The van der Waals surface area contributed by atoms with Gasteiger partial charge in [0.2, 0.25) is 0 Å². The molecule has 3 unspecified atom stereocenters. The molecule has 6 atom stereocenters. The third kappa shape index (κ3) is 59.7. The van der Waals surface area contributed by atoms with Crippen molar-refractivity contribution in [1.29, 1.82) is 0 Å². The number of hydrogen-bond acceptors (Lipinski definition) is 15. The molecule has 0 aromatic carbocycles. The highest BCUT2D eigenvalue weighted by Crippen LogP contribution is 2.45. The largest absolute Gasteiger partial charge is 0.472 e. The summed E-state index contributed by atoms with van der Waals surface area (Å²) in [5.74, 6) is 0.139. The number of aliphatic hydroxyl groups excluding tert-OH is 1. The van der Waals surface area contributed by atoms with Crippen LogP contribution in [0.3, 0.4) is 0 Å². The Kier molecular flexibility index (Phi) is 56.9. The van der Waals surface area contributed by atoms with Gasteiger partial charge in [-0.2, -0.15) is 0 Å². The second-order valence-corrected chi connectivity index (χ2v) is 28.3. The molecule has 0 saturated carbocycles. The zero-order valence-corrected chi connectivity index (χ0v) is 57.6. The van der Waals surface area contributed by atoms with Gasteiger partial charge in [-0.05, 0) is 43.4 Å². The highest BCUT2D eigenvalue weighted by atomic mass is 31.2. The van der Waals surface area contributed by atoms with Gasteiger partial charge in [-0.1, -0.05) is 280 Å². The molecular weight excluding hydrogens is 1140 g/mol. The van der Waals surface area contributed by atoms with Gasteiger partial charge in [0, 0.05) is 25.7 Å².